The van der Waals surface area contributed by atoms with Gasteiger partial charge in [0.15, 0.2) is 0 Å². The fourth-order valence-corrected chi connectivity index (χ4v) is 1.77. The van der Waals surface area contributed by atoms with Gasteiger partial charge in [0.1, 0.15) is 6.04 Å². The summed E-state index contributed by atoms with van der Waals surface area (Å²) >= 11 is 0. The number of rotatable bonds is 0. The van der Waals surface area contributed by atoms with Gasteiger partial charge in [0.2, 0.25) is 0 Å². The molecule has 0 saturated carbocycles. The Morgan fingerprint density at radius 2 is 2.17 bits per heavy atom. The lowest BCUT2D eigenvalue weighted by atomic mass is 10.2. The molecule has 0 aromatic heterocycles. The van der Waals surface area contributed by atoms with E-state index in [1.54, 1.807) is 0 Å². The van der Waals surface area contributed by atoms with E-state index in [-0.39, 0.29) is 11.9 Å². The minimum Gasteiger partial charge on any atom is -0.391 e. The van der Waals surface area contributed by atoms with Gasteiger partial charge in [-0.1, -0.05) is 0 Å². The number of aliphatic hydroxyl groups excluding tert-OH is 1. The van der Waals surface area contributed by atoms with Gasteiger partial charge >= 0.3 is 6.03 Å². The number of urea groups is 1. The second-order valence-corrected chi connectivity index (χ2v) is 3.24. The largest absolute Gasteiger partial charge is 0.391 e. The van der Waals surface area contributed by atoms with E-state index < -0.39 is 12.1 Å². The molecule has 66 valence electrons. The molecule has 0 radical (unpaired) electrons. The van der Waals surface area contributed by atoms with Crippen molar-refractivity contribution in [2.75, 3.05) is 13.6 Å². The average Bonchev–Trinajstić information content (AvgIpc) is 2.49. The molecule has 0 aromatic carbocycles. The monoisotopic (exact) mass is 170 g/mol. The van der Waals surface area contributed by atoms with Crippen LogP contribution in [0.15, 0.2) is 0 Å². The van der Waals surface area contributed by atoms with Crippen LogP contribution in [0.2, 0.25) is 0 Å². The maximum absolute atomic E-state index is 11.3. The molecule has 2 atom stereocenters. The number of hydrogen-bond acceptors (Lipinski definition) is 3. The Morgan fingerprint density at radius 1 is 1.50 bits per heavy atom. The van der Waals surface area contributed by atoms with Crippen molar-refractivity contribution in [3.63, 3.8) is 0 Å². The first-order valence-corrected chi connectivity index (χ1v) is 3.87. The summed E-state index contributed by atoms with van der Waals surface area (Å²) in [5.41, 5.74) is 0. The molecule has 3 amide bonds. The number of carbonyl (C=O) groups is 2. The van der Waals surface area contributed by atoms with E-state index in [2.05, 4.69) is 0 Å². The van der Waals surface area contributed by atoms with Crippen LogP contribution in [0.3, 0.4) is 0 Å². The van der Waals surface area contributed by atoms with Crippen molar-refractivity contribution in [1.29, 1.82) is 0 Å². The van der Waals surface area contributed by atoms with Crippen LogP contribution in [0.25, 0.3) is 0 Å². The molecule has 2 heterocycles. The summed E-state index contributed by atoms with van der Waals surface area (Å²) in [4.78, 5) is 25.1. The number of imide groups is 1. The topological polar surface area (TPSA) is 60.9 Å². The van der Waals surface area contributed by atoms with Crippen LogP contribution < -0.4 is 0 Å². The van der Waals surface area contributed by atoms with E-state index in [4.69, 9.17) is 0 Å². The average molecular weight is 170 g/mol. The zero-order valence-electron chi connectivity index (χ0n) is 6.73. The Hall–Kier alpha value is -1.10. The van der Waals surface area contributed by atoms with E-state index in [1.807, 2.05) is 0 Å². The van der Waals surface area contributed by atoms with Crippen LogP contribution in [0.1, 0.15) is 6.42 Å². The van der Waals surface area contributed by atoms with Crippen molar-refractivity contribution in [3.8, 4) is 0 Å². The smallest absolute Gasteiger partial charge is 0.327 e. The molecule has 2 aliphatic rings. The lowest BCUT2D eigenvalue weighted by Crippen LogP contribution is -2.31. The molecule has 1 N–H and O–H groups in total. The summed E-state index contributed by atoms with van der Waals surface area (Å²) in [6.45, 7) is 0.291. The fourth-order valence-electron chi connectivity index (χ4n) is 1.77. The number of fused-ring (bicyclic) bond motifs is 1. The SMILES string of the molecule is CN1C(=O)[C@H]2C[C@@H](O)CN2C1=O. The molecule has 0 bridgehead atoms. The number of amides is 3. The van der Waals surface area contributed by atoms with E-state index in [0.29, 0.717) is 13.0 Å². The zero-order chi connectivity index (χ0) is 8.88. The number of likely N-dealkylation sites (N-methyl/N-ethyl adjacent to an activating group) is 1. The van der Waals surface area contributed by atoms with Crippen molar-refractivity contribution in [2.45, 2.75) is 18.6 Å². The van der Waals surface area contributed by atoms with Gasteiger partial charge < -0.3 is 10.0 Å². The third kappa shape index (κ3) is 0.768. The van der Waals surface area contributed by atoms with E-state index in [0.717, 1.165) is 4.90 Å². The van der Waals surface area contributed by atoms with Crippen molar-refractivity contribution in [1.82, 2.24) is 9.80 Å². The highest BCUT2D eigenvalue weighted by molar-refractivity contribution is 6.04. The second kappa shape index (κ2) is 2.20. The van der Waals surface area contributed by atoms with Crippen LogP contribution in [-0.2, 0) is 4.79 Å². The van der Waals surface area contributed by atoms with Gasteiger partial charge in [-0.3, -0.25) is 9.69 Å². The molecule has 0 unspecified atom stereocenters. The number of nitrogens with zero attached hydrogens (tertiary/aromatic N) is 2. The molecular weight excluding hydrogens is 160 g/mol. The van der Waals surface area contributed by atoms with E-state index in [1.165, 1.54) is 11.9 Å². The van der Waals surface area contributed by atoms with Crippen molar-refractivity contribution >= 4 is 11.9 Å². The predicted octanol–water partition coefficient (Wildman–Crippen LogP) is -0.986. The molecule has 0 spiro atoms. The first-order valence-electron chi connectivity index (χ1n) is 3.87. The molecule has 0 aliphatic carbocycles. The molecule has 5 heteroatoms. The van der Waals surface area contributed by atoms with Crippen LogP contribution in [0.5, 0.6) is 0 Å². The first-order chi connectivity index (χ1) is 5.61. The van der Waals surface area contributed by atoms with E-state index >= 15 is 0 Å². The number of hydrogen-bond donors (Lipinski definition) is 1. The quantitative estimate of drug-likeness (QED) is 0.475. The van der Waals surface area contributed by atoms with Gasteiger partial charge in [-0.15, -0.1) is 0 Å². The fraction of sp³-hybridized carbons (Fsp3) is 0.714. The Kier molecular flexibility index (Phi) is 1.38. The molecule has 2 saturated heterocycles. The summed E-state index contributed by atoms with van der Waals surface area (Å²) in [5.74, 6) is -0.198. The summed E-state index contributed by atoms with van der Waals surface area (Å²) in [5, 5.41) is 9.19. The molecule has 0 aromatic rings. The van der Waals surface area contributed by atoms with Crippen molar-refractivity contribution in [2.24, 2.45) is 0 Å². The zero-order valence-corrected chi connectivity index (χ0v) is 6.73. The Balaban J connectivity index is 2.27. The van der Waals surface area contributed by atoms with Gasteiger partial charge in [-0.2, -0.15) is 0 Å². The Labute approximate surface area is 69.6 Å². The minimum atomic E-state index is -0.531. The first kappa shape index (κ1) is 7.54. The third-order valence-corrected chi connectivity index (χ3v) is 2.43. The highest BCUT2D eigenvalue weighted by Crippen LogP contribution is 2.26. The molecule has 12 heavy (non-hydrogen) atoms. The van der Waals surface area contributed by atoms with Gasteiger partial charge in [-0.05, 0) is 0 Å². The third-order valence-electron chi connectivity index (χ3n) is 2.43. The van der Waals surface area contributed by atoms with Gasteiger partial charge in [0.05, 0.1) is 6.10 Å². The molecular formula is C7H10N2O3. The summed E-state index contributed by atoms with van der Waals surface area (Å²) in [6, 6.07) is -0.695. The maximum Gasteiger partial charge on any atom is 0.327 e. The number of aliphatic hydroxyl groups is 1. The molecule has 5 nitrogen and oxygen atoms in total. The lowest BCUT2D eigenvalue weighted by molar-refractivity contribution is -0.127. The van der Waals surface area contributed by atoms with Crippen LogP contribution in [0, 0.1) is 0 Å². The summed E-state index contributed by atoms with van der Waals surface area (Å²) in [6.07, 6.45) is -0.147. The predicted molar refractivity (Wildman–Crippen MR) is 39.3 cm³/mol. The highest BCUT2D eigenvalue weighted by Gasteiger charge is 2.48. The van der Waals surface area contributed by atoms with Crippen molar-refractivity contribution in [3.05, 3.63) is 0 Å². The second-order valence-electron chi connectivity index (χ2n) is 3.24. The van der Waals surface area contributed by atoms with Crippen molar-refractivity contribution < 1.29 is 14.7 Å². The normalized spacial score (nSPS) is 34.8. The van der Waals surface area contributed by atoms with Crippen LogP contribution in [-0.4, -0.2) is 52.6 Å². The molecule has 2 rings (SSSR count). The summed E-state index contributed by atoms with van der Waals surface area (Å²) in [7, 11) is 1.47. The Bertz CT molecular complexity index is 229. The number of carbonyl (C=O) groups excluding carboxylic acids is 2. The van der Waals surface area contributed by atoms with Crippen LogP contribution >= 0.6 is 0 Å². The lowest BCUT2D eigenvalue weighted by Gasteiger charge is -2.11. The van der Waals surface area contributed by atoms with Crippen LogP contribution in [0.4, 0.5) is 4.79 Å². The standard InChI is InChI=1S/C7H10N2O3/c1-8-6(11)5-2-4(10)3-9(5)7(8)12/h4-5,10H,2-3H2,1H3/t4-,5-/m1/s1. The maximum atomic E-state index is 11.3. The van der Waals surface area contributed by atoms with E-state index in [9.17, 15) is 14.7 Å². The Morgan fingerprint density at radius 3 is 2.75 bits per heavy atom. The van der Waals surface area contributed by atoms with Gasteiger partial charge in [0.25, 0.3) is 5.91 Å². The van der Waals surface area contributed by atoms with Gasteiger partial charge in [-0.25, -0.2) is 4.79 Å². The highest BCUT2D eigenvalue weighted by atomic mass is 16.3. The molecule has 2 fully saturated rings. The van der Waals surface area contributed by atoms with Gasteiger partial charge in [0, 0.05) is 20.0 Å². The minimum absolute atomic E-state index is 0.198. The molecule has 2 aliphatic heterocycles. The summed E-state index contributed by atoms with van der Waals surface area (Å²) < 4.78 is 0.